The zero-order valence-corrected chi connectivity index (χ0v) is 22.6. The van der Waals surface area contributed by atoms with Gasteiger partial charge in [-0.15, -0.1) is 0 Å². The summed E-state index contributed by atoms with van der Waals surface area (Å²) in [7, 11) is 1.53. The van der Waals surface area contributed by atoms with Crippen LogP contribution in [0.4, 0.5) is 20.2 Å². The van der Waals surface area contributed by atoms with E-state index in [-0.39, 0.29) is 22.3 Å². The highest BCUT2D eigenvalue weighted by Crippen LogP contribution is 2.37. The maximum absolute atomic E-state index is 15.4. The zero-order valence-electron chi connectivity index (χ0n) is 21.8. The highest BCUT2D eigenvalue weighted by molar-refractivity contribution is 7.09. The maximum atomic E-state index is 15.4. The number of nitrogens with two attached hydrogens (primary N) is 1. The second kappa shape index (κ2) is 11.8. The van der Waals surface area contributed by atoms with E-state index in [0.717, 1.165) is 42.1 Å². The van der Waals surface area contributed by atoms with Gasteiger partial charge in [0.15, 0.2) is 0 Å². The Morgan fingerprint density at radius 1 is 1.02 bits per heavy atom. The number of hydrogen-bond acceptors (Lipinski definition) is 6. The third-order valence-electron chi connectivity index (χ3n) is 7.01. The molecule has 0 aliphatic heterocycles. The predicted molar refractivity (Wildman–Crippen MR) is 151 cm³/mol. The first-order valence-electron chi connectivity index (χ1n) is 12.9. The van der Waals surface area contributed by atoms with Crippen LogP contribution >= 0.6 is 11.5 Å². The normalized spacial score (nSPS) is 14.1. The van der Waals surface area contributed by atoms with Crippen LogP contribution in [0.5, 0.6) is 5.75 Å². The highest BCUT2D eigenvalue weighted by Gasteiger charge is 2.38. The minimum absolute atomic E-state index is 0.0368. The Morgan fingerprint density at radius 2 is 1.70 bits per heavy atom. The average Bonchev–Trinajstić information content (AvgIpc) is 3.62. The van der Waals surface area contributed by atoms with Crippen molar-refractivity contribution in [3.8, 4) is 17.0 Å². The number of carbonyl (C=O) groups excluding carboxylic acids is 2. The molecule has 2 amide bonds. The van der Waals surface area contributed by atoms with Gasteiger partial charge in [0.25, 0.3) is 5.91 Å². The van der Waals surface area contributed by atoms with Gasteiger partial charge in [-0.2, -0.15) is 4.37 Å². The van der Waals surface area contributed by atoms with Crippen LogP contribution in [0.3, 0.4) is 0 Å². The number of benzene rings is 3. The minimum atomic E-state index is -1.22. The Hall–Kier alpha value is -4.31. The van der Waals surface area contributed by atoms with Crippen molar-refractivity contribution in [2.45, 2.75) is 37.8 Å². The summed E-state index contributed by atoms with van der Waals surface area (Å²) in [6, 6.07) is 16.8. The summed E-state index contributed by atoms with van der Waals surface area (Å²) < 4.78 is 38.5. The van der Waals surface area contributed by atoms with Gasteiger partial charge in [0.1, 0.15) is 34.0 Å². The van der Waals surface area contributed by atoms with Gasteiger partial charge in [0.05, 0.1) is 18.5 Å². The third kappa shape index (κ3) is 5.53. The van der Waals surface area contributed by atoms with Crippen LogP contribution in [0.1, 0.15) is 47.0 Å². The molecule has 40 heavy (non-hydrogen) atoms. The smallest absolute Gasteiger partial charge is 0.273 e. The number of nitrogen functional groups attached to an aromatic ring is 1. The van der Waals surface area contributed by atoms with Crippen LogP contribution in [-0.4, -0.2) is 29.3 Å². The molecule has 0 spiro atoms. The number of amides is 2. The molecule has 1 heterocycles. The van der Waals surface area contributed by atoms with Gasteiger partial charge >= 0.3 is 0 Å². The second-order valence-corrected chi connectivity index (χ2v) is 10.3. The van der Waals surface area contributed by atoms with E-state index in [1.807, 2.05) is 0 Å². The van der Waals surface area contributed by atoms with Crippen molar-refractivity contribution < 1.29 is 23.1 Å². The zero-order chi connectivity index (χ0) is 28.2. The quantitative estimate of drug-likeness (QED) is 0.269. The Labute approximate surface area is 234 Å². The molecule has 0 radical (unpaired) electrons. The molecule has 1 aliphatic carbocycles. The van der Waals surface area contributed by atoms with Crippen LogP contribution in [0.15, 0.2) is 72.8 Å². The van der Waals surface area contributed by atoms with Crippen molar-refractivity contribution in [3.63, 3.8) is 0 Å². The number of aromatic nitrogens is 1. The molecule has 206 valence electrons. The van der Waals surface area contributed by atoms with Gasteiger partial charge in [-0.05, 0) is 78.5 Å². The fourth-order valence-corrected chi connectivity index (χ4v) is 5.70. The van der Waals surface area contributed by atoms with Gasteiger partial charge in [0.2, 0.25) is 5.91 Å². The van der Waals surface area contributed by atoms with E-state index >= 15 is 4.39 Å². The van der Waals surface area contributed by atoms with E-state index in [1.165, 1.54) is 49.6 Å². The molecule has 0 bridgehead atoms. The summed E-state index contributed by atoms with van der Waals surface area (Å²) in [5.74, 6) is -1.65. The molecule has 5 rings (SSSR count). The summed E-state index contributed by atoms with van der Waals surface area (Å²) >= 11 is 0.841. The number of para-hydroxylation sites is 1. The molecule has 0 saturated heterocycles. The van der Waals surface area contributed by atoms with Crippen molar-refractivity contribution >= 4 is 34.7 Å². The molecule has 4 aromatic rings. The van der Waals surface area contributed by atoms with Crippen LogP contribution in [0.25, 0.3) is 11.3 Å². The average molecular weight is 563 g/mol. The Bertz CT molecular complexity index is 1500. The molecule has 0 unspecified atom stereocenters. The van der Waals surface area contributed by atoms with E-state index in [4.69, 9.17) is 10.5 Å². The van der Waals surface area contributed by atoms with E-state index in [0.29, 0.717) is 22.6 Å². The number of hydrogen-bond donors (Lipinski definition) is 2. The minimum Gasteiger partial charge on any atom is -0.497 e. The van der Waals surface area contributed by atoms with E-state index in [9.17, 15) is 14.0 Å². The van der Waals surface area contributed by atoms with Crippen LogP contribution in [0.2, 0.25) is 0 Å². The topological polar surface area (TPSA) is 97.5 Å². The summed E-state index contributed by atoms with van der Waals surface area (Å²) in [5.41, 5.74) is 7.69. The molecular weight excluding hydrogens is 534 g/mol. The lowest BCUT2D eigenvalue weighted by Gasteiger charge is -2.32. The highest BCUT2D eigenvalue weighted by atomic mass is 32.1. The van der Waals surface area contributed by atoms with Crippen molar-refractivity contribution in [1.29, 1.82) is 0 Å². The van der Waals surface area contributed by atoms with Crippen LogP contribution < -0.4 is 20.7 Å². The lowest BCUT2D eigenvalue weighted by Crippen LogP contribution is -2.46. The van der Waals surface area contributed by atoms with E-state index in [2.05, 4.69) is 9.69 Å². The number of nitrogens with zero attached hydrogens (tertiary/aromatic N) is 2. The van der Waals surface area contributed by atoms with E-state index in [1.54, 1.807) is 30.3 Å². The van der Waals surface area contributed by atoms with Crippen LogP contribution in [0, 0.1) is 11.6 Å². The molecule has 1 aliphatic rings. The number of nitrogens with one attached hydrogen (secondary N) is 1. The molecule has 1 saturated carbocycles. The third-order valence-corrected chi connectivity index (χ3v) is 7.86. The van der Waals surface area contributed by atoms with Gasteiger partial charge in [-0.3, -0.25) is 14.5 Å². The first-order chi connectivity index (χ1) is 19.4. The SMILES string of the molecule is COc1ccc([C@H](C(=O)NC2CCCC2)N(C(=O)c2snc(-c3ccc(F)cc3)c2N)c2ccccc2F)cc1. The van der Waals surface area contributed by atoms with Gasteiger partial charge in [-0.25, -0.2) is 8.78 Å². The number of methoxy groups -OCH3 is 1. The monoisotopic (exact) mass is 562 g/mol. The lowest BCUT2D eigenvalue weighted by molar-refractivity contribution is -0.123. The molecule has 3 aromatic carbocycles. The summed E-state index contributed by atoms with van der Waals surface area (Å²) in [6.45, 7) is 0. The molecule has 10 heteroatoms. The first-order valence-corrected chi connectivity index (χ1v) is 13.7. The van der Waals surface area contributed by atoms with Crippen molar-refractivity contribution in [1.82, 2.24) is 9.69 Å². The number of carbonyl (C=O) groups is 2. The second-order valence-electron chi connectivity index (χ2n) is 9.57. The number of anilines is 2. The number of ether oxygens (including phenoxy) is 1. The Morgan fingerprint density at radius 3 is 2.35 bits per heavy atom. The Balaban J connectivity index is 1.62. The van der Waals surface area contributed by atoms with Crippen molar-refractivity contribution in [3.05, 3.63) is 94.9 Å². The first kappa shape index (κ1) is 27.3. The van der Waals surface area contributed by atoms with Crippen molar-refractivity contribution in [2.75, 3.05) is 17.7 Å². The molecule has 1 aromatic heterocycles. The largest absolute Gasteiger partial charge is 0.497 e. The van der Waals surface area contributed by atoms with Crippen LogP contribution in [-0.2, 0) is 4.79 Å². The maximum Gasteiger partial charge on any atom is 0.273 e. The van der Waals surface area contributed by atoms with Crippen molar-refractivity contribution in [2.24, 2.45) is 0 Å². The Kier molecular flexibility index (Phi) is 8.06. The summed E-state index contributed by atoms with van der Waals surface area (Å²) in [5, 5.41) is 3.07. The predicted octanol–water partition coefficient (Wildman–Crippen LogP) is 6.13. The molecule has 1 atom stereocenters. The van der Waals surface area contributed by atoms with Gasteiger partial charge < -0.3 is 15.8 Å². The van der Waals surface area contributed by atoms with Gasteiger partial charge in [-0.1, -0.05) is 37.1 Å². The lowest BCUT2D eigenvalue weighted by atomic mass is 10.0. The number of rotatable bonds is 8. The van der Waals surface area contributed by atoms with E-state index < -0.39 is 29.5 Å². The summed E-state index contributed by atoms with van der Waals surface area (Å²) in [6.07, 6.45) is 3.66. The fourth-order valence-electron chi connectivity index (χ4n) is 4.94. The number of halogens is 2. The fraction of sp³-hybridized carbons (Fsp3) is 0.233. The summed E-state index contributed by atoms with van der Waals surface area (Å²) in [4.78, 5) is 29.4. The molecule has 3 N–H and O–H groups in total. The molecule has 7 nitrogen and oxygen atoms in total. The standard InChI is InChI=1S/C30H28F2N4O3S/c1-39-22-16-12-19(13-17-22)27(29(37)34-21-6-2-3-7-21)36(24-9-5-4-8-23(24)32)30(38)28-25(33)26(35-40-28)18-10-14-20(31)15-11-18/h4-5,8-17,21,27H,2-3,6-7,33H2,1H3,(H,34,37)/t27-/m1/s1. The molecule has 1 fully saturated rings. The molecular formula is C30H28F2N4O3S. The van der Waals surface area contributed by atoms with Gasteiger partial charge in [0, 0.05) is 11.6 Å².